The van der Waals surface area contributed by atoms with E-state index < -0.39 is 0 Å². The Morgan fingerprint density at radius 3 is 3.00 bits per heavy atom. The third-order valence-electron chi connectivity index (χ3n) is 2.13. The van der Waals surface area contributed by atoms with Gasteiger partial charge < -0.3 is 4.98 Å². The lowest BCUT2D eigenvalue weighted by Gasteiger charge is -1.97. The van der Waals surface area contributed by atoms with Gasteiger partial charge in [0.1, 0.15) is 0 Å². The van der Waals surface area contributed by atoms with Crippen LogP contribution in [0, 0.1) is 0 Å². The SMILES string of the molecule is CC=C1C(C)=Cc2cc[nH]c21. The highest BCUT2D eigenvalue weighted by atomic mass is 14.7. The molecule has 1 N–H and O–H groups in total. The highest BCUT2D eigenvalue weighted by molar-refractivity contribution is 5.92. The van der Waals surface area contributed by atoms with E-state index >= 15 is 0 Å². The van der Waals surface area contributed by atoms with Crippen LogP contribution >= 0.6 is 0 Å². The topological polar surface area (TPSA) is 15.8 Å². The molecule has 1 aromatic rings. The quantitative estimate of drug-likeness (QED) is 0.577. The highest BCUT2D eigenvalue weighted by Crippen LogP contribution is 2.33. The highest BCUT2D eigenvalue weighted by Gasteiger charge is 2.14. The van der Waals surface area contributed by atoms with Crippen LogP contribution in [0.25, 0.3) is 11.6 Å². The van der Waals surface area contributed by atoms with Crippen molar-refractivity contribution in [3.05, 3.63) is 35.2 Å². The molecule has 0 fully saturated rings. The average Bonchev–Trinajstić information content (AvgIpc) is 2.46. The summed E-state index contributed by atoms with van der Waals surface area (Å²) >= 11 is 0. The van der Waals surface area contributed by atoms with Crippen molar-refractivity contribution in [3.63, 3.8) is 0 Å². The van der Waals surface area contributed by atoms with Gasteiger partial charge in [-0.3, -0.25) is 0 Å². The summed E-state index contributed by atoms with van der Waals surface area (Å²) in [5.41, 5.74) is 5.28. The van der Waals surface area contributed by atoms with Crippen molar-refractivity contribution < 1.29 is 0 Å². The van der Waals surface area contributed by atoms with E-state index in [-0.39, 0.29) is 0 Å². The molecule has 2 rings (SSSR count). The molecule has 1 nitrogen and oxygen atoms in total. The maximum absolute atomic E-state index is 3.23. The van der Waals surface area contributed by atoms with Gasteiger partial charge in [-0.2, -0.15) is 0 Å². The van der Waals surface area contributed by atoms with Crippen LogP contribution in [0.1, 0.15) is 25.1 Å². The lowest BCUT2D eigenvalue weighted by molar-refractivity contribution is 1.34. The summed E-state index contributed by atoms with van der Waals surface area (Å²) in [7, 11) is 0. The molecule has 56 valence electrons. The van der Waals surface area contributed by atoms with Crippen molar-refractivity contribution in [2.75, 3.05) is 0 Å². The van der Waals surface area contributed by atoms with Crippen LogP contribution in [-0.2, 0) is 0 Å². The van der Waals surface area contributed by atoms with Crippen LogP contribution in [0.15, 0.2) is 23.9 Å². The Morgan fingerprint density at radius 2 is 2.27 bits per heavy atom. The second-order valence-corrected chi connectivity index (χ2v) is 2.84. The number of H-pyrrole nitrogens is 1. The van der Waals surface area contributed by atoms with Crippen LogP contribution in [0.3, 0.4) is 0 Å². The molecular weight excluding hydrogens is 134 g/mol. The Labute approximate surface area is 66.4 Å². The average molecular weight is 145 g/mol. The van der Waals surface area contributed by atoms with Crippen molar-refractivity contribution in [2.24, 2.45) is 0 Å². The first-order valence-electron chi connectivity index (χ1n) is 3.85. The van der Waals surface area contributed by atoms with E-state index in [0.717, 1.165) is 0 Å². The second-order valence-electron chi connectivity index (χ2n) is 2.84. The molecule has 0 aliphatic heterocycles. The Morgan fingerprint density at radius 1 is 1.45 bits per heavy atom. The van der Waals surface area contributed by atoms with Gasteiger partial charge in [0.25, 0.3) is 0 Å². The van der Waals surface area contributed by atoms with Crippen molar-refractivity contribution in [2.45, 2.75) is 13.8 Å². The summed E-state index contributed by atoms with van der Waals surface area (Å²) in [6.45, 7) is 4.21. The number of aromatic amines is 1. The predicted octanol–water partition coefficient (Wildman–Crippen LogP) is 2.83. The standard InChI is InChI=1S/C10H11N/c1-3-9-7(2)6-8-4-5-11-10(8)9/h3-6,11H,1-2H3. The zero-order valence-electron chi connectivity index (χ0n) is 6.81. The Balaban J connectivity index is 2.64. The summed E-state index contributed by atoms with van der Waals surface area (Å²) in [6.07, 6.45) is 6.34. The molecule has 0 bridgehead atoms. The van der Waals surface area contributed by atoms with E-state index in [4.69, 9.17) is 0 Å². The minimum atomic E-state index is 1.27. The van der Waals surface area contributed by atoms with Crippen LogP contribution in [0.5, 0.6) is 0 Å². The molecule has 0 spiro atoms. The smallest absolute Gasteiger partial charge is 0.0526 e. The first-order chi connectivity index (χ1) is 5.33. The Bertz CT molecular complexity index is 340. The van der Waals surface area contributed by atoms with Crippen molar-refractivity contribution in [3.8, 4) is 0 Å². The molecule has 0 saturated carbocycles. The van der Waals surface area contributed by atoms with Gasteiger partial charge in [0.2, 0.25) is 0 Å². The van der Waals surface area contributed by atoms with Crippen molar-refractivity contribution in [1.82, 2.24) is 4.98 Å². The van der Waals surface area contributed by atoms with Crippen LogP contribution in [-0.4, -0.2) is 4.98 Å². The molecule has 0 aromatic carbocycles. The molecule has 1 aliphatic carbocycles. The number of allylic oxidation sites excluding steroid dienone is 3. The molecule has 1 heterocycles. The van der Waals surface area contributed by atoms with Gasteiger partial charge in [0.05, 0.1) is 5.69 Å². The Hall–Kier alpha value is -1.24. The molecular formula is C10H11N. The lowest BCUT2D eigenvalue weighted by atomic mass is 10.1. The normalized spacial score (nSPS) is 18.7. The zero-order chi connectivity index (χ0) is 7.84. The maximum Gasteiger partial charge on any atom is 0.0526 e. The zero-order valence-corrected chi connectivity index (χ0v) is 6.81. The maximum atomic E-state index is 3.23. The third-order valence-corrected chi connectivity index (χ3v) is 2.13. The monoisotopic (exact) mass is 145 g/mol. The summed E-state index contributed by atoms with van der Waals surface area (Å²) < 4.78 is 0. The summed E-state index contributed by atoms with van der Waals surface area (Å²) in [5.74, 6) is 0. The van der Waals surface area contributed by atoms with Gasteiger partial charge in [-0.1, -0.05) is 6.08 Å². The minimum Gasteiger partial charge on any atom is -0.361 e. The van der Waals surface area contributed by atoms with E-state index in [9.17, 15) is 0 Å². The Kier molecular flexibility index (Phi) is 1.25. The predicted molar refractivity (Wildman–Crippen MR) is 48.1 cm³/mol. The van der Waals surface area contributed by atoms with Crippen LogP contribution < -0.4 is 0 Å². The third kappa shape index (κ3) is 0.773. The van der Waals surface area contributed by atoms with Gasteiger partial charge in [-0.25, -0.2) is 0 Å². The fourth-order valence-electron chi connectivity index (χ4n) is 1.62. The van der Waals surface area contributed by atoms with Gasteiger partial charge in [-0.15, -0.1) is 0 Å². The number of hydrogen-bond acceptors (Lipinski definition) is 0. The molecule has 0 radical (unpaired) electrons. The van der Waals surface area contributed by atoms with E-state index in [2.05, 4.69) is 37.0 Å². The molecule has 1 aliphatic rings. The number of fused-ring (bicyclic) bond motifs is 1. The molecule has 0 atom stereocenters. The summed E-state index contributed by atoms with van der Waals surface area (Å²) in [6, 6.07) is 2.11. The van der Waals surface area contributed by atoms with Crippen molar-refractivity contribution in [1.29, 1.82) is 0 Å². The van der Waals surface area contributed by atoms with Gasteiger partial charge in [0, 0.05) is 11.8 Å². The second kappa shape index (κ2) is 2.12. The molecule has 1 aromatic heterocycles. The molecule has 0 amide bonds. The first kappa shape index (κ1) is 6.47. The molecule has 1 heteroatoms. The van der Waals surface area contributed by atoms with E-state index in [0.29, 0.717) is 0 Å². The van der Waals surface area contributed by atoms with Gasteiger partial charge >= 0.3 is 0 Å². The largest absolute Gasteiger partial charge is 0.361 e. The molecule has 0 unspecified atom stereocenters. The molecule has 0 saturated heterocycles. The van der Waals surface area contributed by atoms with Gasteiger partial charge in [0.15, 0.2) is 0 Å². The minimum absolute atomic E-state index is 1.27. The fraction of sp³-hybridized carbons (Fsp3) is 0.200. The van der Waals surface area contributed by atoms with E-state index in [1.54, 1.807) is 0 Å². The summed E-state index contributed by atoms with van der Waals surface area (Å²) in [4.78, 5) is 3.23. The van der Waals surface area contributed by atoms with E-state index in [1.807, 2.05) is 6.20 Å². The van der Waals surface area contributed by atoms with Crippen LogP contribution in [0.4, 0.5) is 0 Å². The molecule has 11 heavy (non-hydrogen) atoms. The number of aromatic nitrogens is 1. The van der Waals surface area contributed by atoms with Crippen molar-refractivity contribution >= 4 is 11.6 Å². The number of hydrogen-bond donors (Lipinski definition) is 1. The number of rotatable bonds is 0. The summed E-state index contributed by atoms with van der Waals surface area (Å²) in [5, 5.41) is 0. The van der Waals surface area contributed by atoms with Gasteiger partial charge in [-0.05, 0) is 37.1 Å². The lowest BCUT2D eigenvalue weighted by Crippen LogP contribution is -1.79. The van der Waals surface area contributed by atoms with Crippen LogP contribution in [0.2, 0.25) is 0 Å². The number of nitrogens with one attached hydrogen (secondary N) is 1. The first-order valence-corrected chi connectivity index (χ1v) is 3.85. The van der Waals surface area contributed by atoms with E-state index in [1.165, 1.54) is 22.4 Å². The fourth-order valence-corrected chi connectivity index (χ4v) is 1.62.